The number of halogens is 1. The zero-order valence-electron chi connectivity index (χ0n) is 10.4. The van der Waals surface area contributed by atoms with E-state index in [9.17, 15) is 8.42 Å². The van der Waals surface area contributed by atoms with Crippen molar-refractivity contribution in [3.63, 3.8) is 0 Å². The second kappa shape index (κ2) is 7.89. The molecule has 0 spiro atoms. The standard InChI is InChI=1S/C12H19BrN2O2S/c1-2-14-8-3-9-18(16,17)15-10-11-4-6-12(13)7-5-11/h4-7,14-15H,2-3,8-10H2,1H3. The molecule has 4 nitrogen and oxygen atoms in total. The fourth-order valence-corrected chi connectivity index (χ4v) is 2.75. The summed E-state index contributed by atoms with van der Waals surface area (Å²) in [5.74, 6) is 0.163. The fourth-order valence-electron chi connectivity index (χ4n) is 1.43. The van der Waals surface area contributed by atoms with Crippen LogP contribution in [0.2, 0.25) is 0 Å². The number of benzene rings is 1. The molecule has 0 aliphatic carbocycles. The van der Waals surface area contributed by atoms with E-state index < -0.39 is 10.0 Å². The van der Waals surface area contributed by atoms with Gasteiger partial charge in [0.2, 0.25) is 10.0 Å². The van der Waals surface area contributed by atoms with Gasteiger partial charge in [0.1, 0.15) is 0 Å². The smallest absolute Gasteiger partial charge is 0.211 e. The molecule has 0 unspecified atom stereocenters. The van der Waals surface area contributed by atoms with E-state index in [1.54, 1.807) is 0 Å². The van der Waals surface area contributed by atoms with Crippen molar-refractivity contribution in [1.82, 2.24) is 10.0 Å². The van der Waals surface area contributed by atoms with E-state index in [0.717, 1.165) is 23.1 Å². The Kier molecular flexibility index (Phi) is 6.85. The third-order valence-electron chi connectivity index (χ3n) is 2.43. The molecule has 0 heterocycles. The lowest BCUT2D eigenvalue weighted by Gasteiger charge is -2.07. The van der Waals surface area contributed by atoms with E-state index in [2.05, 4.69) is 26.0 Å². The molecule has 0 bridgehead atoms. The van der Waals surface area contributed by atoms with Crippen LogP contribution in [0.1, 0.15) is 18.9 Å². The maximum Gasteiger partial charge on any atom is 0.211 e. The molecule has 1 aromatic carbocycles. The Morgan fingerprint density at radius 3 is 2.50 bits per heavy atom. The van der Waals surface area contributed by atoms with Crippen molar-refractivity contribution in [3.05, 3.63) is 34.3 Å². The predicted octanol–water partition coefficient (Wildman–Crippen LogP) is 1.87. The van der Waals surface area contributed by atoms with Crippen LogP contribution in [0.4, 0.5) is 0 Å². The van der Waals surface area contributed by atoms with Crippen LogP contribution in [-0.4, -0.2) is 27.3 Å². The summed E-state index contributed by atoms with van der Waals surface area (Å²) in [7, 11) is -3.17. The van der Waals surface area contributed by atoms with Crippen molar-refractivity contribution < 1.29 is 8.42 Å². The molecular weight excluding hydrogens is 316 g/mol. The first-order valence-electron chi connectivity index (χ1n) is 5.96. The maximum absolute atomic E-state index is 11.7. The Morgan fingerprint density at radius 1 is 1.22 bits per heavy atom. The molecular formula is C12H19BrN2O2S. The van der Waals surface area contributed by atoms with Crippen LogP contribution < -0.4 is 10.0 Å². The van der Waals surface area contributed by atoms with E-state index in [0.29, 0.717) is 13.0 Å². The van der Waals surface area contributed by atoms with Crippen LogP contribution in [0, 0.1) is 0 Å². The summed E-state index contributed by atoms with van der Waals surface area (Å²) < 4.78 is 27.0. The Bertz CT molecular complexity index is 446. The van der Waals surface area contributed by atoms with Gasteiger partial charge in [0.25, 0.3) is 0 Å². The molecule has 102 valence electrons. The lowest BCUT2D eigenvalue weighted by Crippen LogP contribution is -2.28. The first-order chi connectivity index (χ1) is 8.53. The summed E-state index contributed by atoms with van der Waals surface area (Å²) in [6, 6.07) is 7.58. The van der Waals surface area contributed by atoms with Crippen LogP contribution in [0.5, 0.6) is 0 Å². The average molecular weight is 335 g/mol. The second-order valence-corrected chi connectivity index (χ2v) is 6.82. The summed E-state index contributed by atoms with van der Waals surface area (Å²) in [6.45, 7) is 3.94. The van der Waals surface area contributed by atoms with E-state index in [1.807, 2.05) is 31.2 Å². The van der Waals surface area contributed by atoms with Gasteiger partial charge in [0.05, 0.1) is 5.75 Å². The van der Waals surface area contributed by atoms with Gasteiger partial charge >= 0.3 is 0 Å². The third kappa shape index (κ3) is 6.49. The first kappa shape index (κ1) is 15.6. The molecule has 0 atom stereocenters. The van der Waals surface area contributed by atoms with Crippen molar-refractivity contribution in [3.8, 4) is 0 Å². The zero-order chi connectivity index (χ0) is 13.4. The van der Waals surface area contributed by atoms with Gasteiger partial charge in [0, 0.05) is 11.0 Å². The number of hydrogen-bond donors (Lipinski definition) is 2. The molecule has 6 heteroatoms. The van der Waals surface area contributed by atoms with Gasteiger partial charge in [-0.25, -0.2) is 13.1 Å². The molecule has 0 aliphatic rings. The van der Waals surface area contributed by atoms with E-state index in [4.69, 9.17) is 0 Å². The quantitative estimate of drug-likeness (QED) is 0.713. The predicted molar refractivity (Wildman–Crippen MR) is 77.9 cm³/mol. The largest absolute Gasteiger partial charge is 0.317 e. The van der Waals surface area contributed by atoms with Crippen molar-refractivity contribution in [2.45, 2.75) is 19.9 Å². The first-order valence-corrected chi connectivity index (χ1v) is 8.40. The van der Waals surface area contributed by atoms with Crippen molar-refractivity contribution in [2.24, 2.45) is 0 Å². The maximum atomic E-state index is 11.7. The molecule has 0 saturated heterocycles. The molecule has 2 N–H and O–H groups in total. The van der Waals surface area contributed by atoms with E-state index in [-0.39, 0.29) is 5.75 Å². The summed E-state index contributed by atoms with van der Waals surface area (Å²) in [5, 5.41) is 3.10. The fraction of sp³-hybridized carbons (Fsp3) is 0.500. The summed E-state index contributed by atoms with van der Waals surface area (Å²) in [4.78, 5) is 0. The highest BCUT2D eigenvalue weighted by molar-refractivity contribution is 9.10. The highest BCUT2D eigenvalue weighted by Crippen LogP contribution is 2.10. The van der Waals surface area contributed by atoms with Gasteiger partial charge in [-0.2, -0.15) is 0 Å². The van der Waals surface area contributed by atoms with E-state index >= 15 is 0 Å². The van der Waals surface area contributed by atoms with Crippen molar-refractivity contribution in [2.75, 3.05) is 18.8 Å². The number of nitrogens with one attached hydrogen (secondary N) is 2. The monoisotopic (exact) mass is 334 g/mol. The summed E-state index contributed by atoms with van der Waals surface area (Å²) in [5.41, 5.74) is 0.952. The van der Waals surface area contributed by atoms with Gasteiger partial charge in [-0.3, -0.25) is 0 Å². The minimum Gasteiger partial charge on any atom is -0.317 e. The minimum atomic E-state index is -3.17. The molecule has 18 heavy (non-hydrogen) atoms. The van der Waals surface area contributed by atoms with Gasteiger partial charge in [-0.1, -0.05) is 35.0 Å². The van der Waals surface area contributed by atoms with Crippen LogP contribution in [0.3, 0.4) is 0 Å². The normalized spacial score (nSPS) is 11.7. The minimum absolute atomic E-state index is 0.163. The topological polar surface area (TPSA) is 58.2 Å². The summed E-state index contributed by atoms with van der Waals surface area (Å²) >= 11 is 3.34. The lowest BCUT2D eigenvalue weighted by molar-refractivity contribution is 0.575. The van der Waals surface area contributed by atoms with Crippen molar-refractivity contribution >= 4 is 26.0 Å². The zero-order valence-corrected chi connectivity index (χ0v) is 12.9. The Balaban J connectivity index is 2.34. The summed E-state index contributed by atoms with van der Waals surface area (Å²) in [6.07, 6.45) is 0.628. The number of hydrogen-bond acceptors (Lipinski definition) is 3. The Labute approximate surface area is 117 Å². The number of rotatable bonds is 8. The molecule has 0 aromatic heterocycles. The highest BCUT2D eigenvalue weighted by atomic mass is 79.9. The third-order valence-corrected chi connectivity index (χ3v) is 4.37. The molecule has 0 fully saturated rings. The highest BCUT2D eigenvalue weighted by Gasteiger charge is 2.08. The van der Waals surface area contributed by atoms with Crippen LogP contribution in [0.25, 0.3) is 0 Å². The lowest BCUT2D eigenvalue weighted by atomic mass is 10.2. The Morgan fingerprint density at radius 2 is 1.89 bits per heavy atom. The molecule has 1 rings (SSSR count). The van der Waals surface area contributed by atoms with Crippen molar-refractivity contribution in [1.29, 1.82) is 0 Å². The molecule has 0 aliphatic heterocycles. The Hall–Kier alpha value is -0.430. The van der Waals surface area contributed by atoms with Crippen LogP contribution in [-0.2, 0) is 16.6 Å². The second-order valence-electron chi connectivity index (χ2n) is 3.97. The van der Waals surface area contributed by atoms with Gasteiger partial charge < -0.3 is 5.32 Å². The van der Waals surface area contributed by atoms with Crippen LogP contribution in [0.15, 0.2) is 28.7 Å². The molecule has 0 saturated carbocycles. The van der Waals surface area contributed by atoms with Crippen LogP contribution >= 0.6 is 15.9 Å². The average Bonchev–Trinajstić information content (AvgIpc) is 2.34. The molecule has 1 aromatic rings. The SMILES string of the molecule is CCNCCCS(=O)(=O)NCc1ccc(Br)cc1. The number of sulfonamides is 1. The molecule has 0 radical (unpaired) electrons. The van der Waals surface area contributed by atoms with E-state index in [1.165, 1.54) is 0 Å². The van der Waals surface area contributed by atoms with Gasteiger partial charge in [-0.15, -0.1) is 0 Å². The van der Waals surface area contributed by atoms with Gasteiger partial charge in [-0.05, 0) is 37.2 Å². The molecule has 0 amide bonds. The van der Waals surface area contributed by atoms with Gasteiger partial charge in [0.15, 0.2) is 0 Å².